The van der Waals surface area contributed by atoms with Crippen LogP contribution in [-0.2, 0) is 11.2 Å². The molecule has 0 fully saturated rings. The summed E-state index contributed by atoms with van der Waals surface area (Å²) in [5.41, 5.74) is 1.77. The van der Waals surface area contributed by atoms with Crippen LogP contribution in [0.2, 0.25) is 0 Å². The largest absolute Gasteiger partial charge is 0.497 e. The number of carbonyl (C=O) groups is 1. The Morgan fingerprint density at radius 1 is 1.32 bits per heavy atom. The fourth-order valence-electron chi connectivity index (χ4n) is 2.10. The van der Waals surface area contributed by atoms with E-state index in [4.69, 9.17) is 4.74 Å². The number of hydrogen-bond acceptors (Lipinski definition) is 4. The summed E-state index contributed by atoms with van der Waals surface area (Å²) < 4.78 is 7.12. The van der Waals surface area contributed by atoms with Gasteiger partial charge in [0.2, 0.25) is 5.91 Å². The number of aromatic nitrogens is 1. The Morgan fingerprint density at radius 2 is 2.14 bits per heavy atom. The number of rotatable bonds is 4. The van der Waals surface area contributed by atoms with Crippen molar-refractivity contribution in [3.05, 3.63) is 52.5 Å². The number of hydrogen-bond donors (Lipinski definition) is 1. The number of halogens is 1. The van der Waals surface area contributed by atoms with Gasteiger partial charge in [0.15, 0.2) is 5.13 Å². The molecule has 3 aromatic rings. The van der Waals surface area contributed by atoms with E-state index < -0.39 is 0 Å². The van der Waals surface area contributed by atoms with Crippen LogP contribution >= 0.6 is 27.3 Å². The van der Waals surface area contributed by atoms with Crippen LogP contribution in [0.25, 0.3) is 10.2 Å². The van der Waals surface area contributed by atoms with E-state index in [9.17, 15) is 4.79 Å². The average Bonchev–Trinajstić information content (AvgIpc) is 2.91. The quantitative estimate of drug-likeness (QED) is 0.740. The molecule has 1 heterocycles. The molecule has 0 aliphatic carbocycles. The van der Waals surface area contributed by atoms with Crippen molar-refractivity contribution in [1.82, 2.24) is 4.98 Å². The first-order valence-corrected chi connectivity index (χ1v) is 8.24. The van der Waals surface area contributed by atoms with Crippen LogP contribution in [0.1, 0.15) is 5.56 Å². The van der Waals surface area contributed by atoms with Gasteiger partial charge in [0, 0.05) is 4.47 Å². The van der Waals surface area contributed by atoms with Gasteiger partial charge < -0.3 is 10.1 Å². The molecule has 2 aromatic carbocycles. The summed E-state index contributed by atoms with van der Waals surface area (Å²) >= 11 is 4.92. The summed E-state index contributed by atoms with van der Waals surface area (Å²) in [6.45, 7) is 0. The van der Waals surface area contributed by atoms with Crippen LogP contribution < -0.4 is 10.1 Å². The van der Waals surface area contributed by atoms with Crippen LogP contribution in [0.4, 0.5) is 5.13 Å². The number of thiazole rings is 1. The minimum absolute atomic E-state index is 0.0940. The summed E-state index contributed by atoms with van der Waals surface area (Å²) in [4.78, 5) is 16.6. The van der Waals surface area contributed by atoms with E-state index in [2.05, 4.69) is 26.2 Å². The molecule has 22 heavy (non-hydrogen) atoms. The zero-order valence-electron chi connectivity index (χ0n) is 11.8. The molecule has 0 aliphatic heterocycles. The van der Waals surface area contributed by atoms with Crippen molar-refractivity contribution < 1.29 is 9.53 Å². The Hall–Kier alpha value is -1.92. The van der Waals surface area contributed by atoms with E-state index >= 15 is 0 Å². The van der Waals surface area contributed by atoms with Gasteiger partial charge in [-0.25, -0.2) is 4.98 Å². The normalized spacial score (nSPS) is 10.6. The van der Waals surface area contributed by atoms with Crippen molar-refractivity contribution >= 4 is 48.5 Å². The molecule has 3 rings (SSSR count). The molecule has 1 amide bonds. The molecule has 6 heteroatoms. The maximum Gasteiger partial charge on any atom is 0.230 e. The molecule has 0 saturated heterocycles. The second-order valence-electron chi connectivity index (χ2n) is 4.68. The third kappa shape index (κ3) is 3.28. The highest BCUT2D eigenvalue weighted by Crippen LogP contribution is 2.30. The lowest BCUT2D eigenvalue weighted by molar-refractivity contribution is -0.115. The Labute approximate surface area is 140 Å². The van der Waals surface area contributed by atoms with Crippen molar-refractivity contribution in [3.63, 3.8) is 0 Å². The lowest BCUT2D eigenvalue weighted by atomic mass is 10.1. The Bertz CT molecular complexity index is 832. The van der Waals surface area contributed by atoms with E-state index in [1.165, 1.54) is 11.3 Å². The highest BCUT2D eigenvalue weighted by atomic mass is 79.9. The second kappa shape index (κ2) is 6.46. The molecule has 0 saturated carbocycles. The topological polar surface area (TPSA) is 51.2 Å². The standard InChI is InChI=1S/C16H13BrN2O2S/c1-21-11-5-2-4-10(8-11)9-14(20)18-16-19-15-12(17)6-3-7-13(15)22-16/h2-8H,9H2,1H3,(H,18,19,20). The predicted molar refractivity (Wildman–Crippen MR) is 92.6 cm³/mol. The van der Waals surface area contributed by atoms with Gasteiger partial charge >= 0.3 is 0 Å². The first-order valence-electron chi connectivity index (χ1n) is 6.63. The molecule has 1 aromatic heterocycles. The fourth-order valence-corrected chi connectivity index (χ4v) is 3.59. The van der Waals surface area contributed by atoms with E-state index in [1.54, 1.807) is 7.11 Å². The van der Waals surface area contributed by atoms with E-state index in [1.807, 2.05) is 42.5 Å². The number of carbonyl (C=O) groups excluding carboxylic acids is 1. The number of methoxy groups -OCH3 is 1. The van der Waals surface area contributed by atoms with Gasteiger partial charge in [-0.2, -0.15) is 0 Å². The predicted octanol–water partition coefficient (Wildman–Crippen LogP) is 4.25. The molecule has 0 spiro atoms. The number of fused-ring (bicyclic) bond motifs is 1. The smallest absolute Gasteiger partial charge is 0.230 e. The molecule has 0 bridgehead atoms. The molecule has 112 valence electrons. The number of ether oxygens (including phenoxy) is 1. The summed E-state index contributed by atoms with van der Waals surface area (Å²) in [7, 11) is 1.61. The third-order valence-electron chi connectivity index (χ3n) is 3.11. The fraction of sp³-hybridized carbons (Fsp3) is 0.125. The van der Waals surface area contributed by atoms with Gasteiger partial charge in [0.05, 0.1) is 23.7 Å². The van der Waals surface area contributed by atoms with E-state index in [0.717, 1.165) is 26.0 Å². The zero-order chi connectivity index (χ0) is 15.5. The number of benzene rings is 2. The Kier molecular flexibility index (Phi) is 4.40. The summed E-state index contributed by atoms with van der Waals surface area (Å²) in [6.07, 6.45) is 0.286. The van der Waals surface area contributed by atoms with Crippen LogP contribution in [0.5, 0.6) is 5.75 Å². The number of anilines is 1. The van der Waals surface area contributed by atoms with Crippen LogP contribution in [-0.4, -0.2) is 18.0 Å². The lowest BCUT2D eigenvalue weighted by Crippen LogP contribution is -2.14. The summed E-state index contributed by atoms with van der Waals surface area (Å²) in [6, 6.07) is 13.3. The minimum atomic E-state index is -0.0940. The van der Waals surface area contributed by atoms with E-state index in [0.29, 0.717) is 5.13 Å². The molecular formula is C16H13BrN2O2S. The van der Waals surface area contributed by atoms with Crippen molar-refractivity contribution in [3.8, 4) is 5.75 Å². The highest BCUT2D eigenvalue weighted by molar-refractivity contribution is 9.10. The van der Waals surface area contributed by atoms with Gasteiger partial charge in [0.25, 0.3) is 0 Å². The van der Waals surface area contributed by atoms with Crippen LogP contribution in [0.3, 0.4) is 0 Å². The summed E-state index contributed by atoms with van der Waals surface area (Å²) in [5, 5.41) is 3.46. The molecular weight excluding hydrogens is 364 g/mol. The maximum atomic E-state index is 12.1. The monoisotopic (exact) mass is 376 g/mol. The van der Waals surface area contributed by atoms with Crippen molar-refractivity contribution in [2.75, 3.05) is 12.4 Å². The van der Waals surface area contributed by atoms with Crippen LogP contribution in [0.15, 0.2) is 46.9 Å². The van der Waals surface area contributed by atoms with Crippen molar-refractivity contribution in [1.29, 1.82) is 0 Å². The number of amides is 1. The first-order chi connectivity index (χ1) is 10.7. The highest BCUT2D eigenvalue weighted by Gasteiger charge is 2.10. The first kappa shape index (κ1) is 15.0. The molecule has 4 nitrogen and oxygen atoms in total. The number of para-hydroxylation sites is 1. The molecule has 0 unspecified atom stereocenters. The van der Waals surface area contributed by atoms with E-state index in [-0.39, 0.29) is 12.3 Å². The Morgan fingerprint density at radius 3 is 2.91 bits per heavy atom. The number of nitrogens with zero attached hydrogens (tertiary/aromatic N) is 1. The maximum absolute atomic E-state index is 12.1. The molecule has 0 radical (unpaired) electrons. The number of nitrogens with one attached hydrogen (secondary N) is 1. The Balaban J connectivity index is 1.74. The molecule has 0 aliphatic rings. The van der Waals surface area contributed by atoms with Crippen LogP contribution in [0, 0.1) is 0 Å². The van der Waals surface area contributed by atoms with Gasteiger partial charge in [-0.05, 0) is 45.8 Å². The van der Waals surface area contributed by atoms with Crippen molar-refractivity contribution in [2.24, 2.45) is 0 Å². The molecule has 0 atom stereocenters. The SMILES string of the molecule is COc1cccc(CC(=O)Nc2nc3c(Br)cccc3s2)c1. The average molecular weight is 377 g/mol. The molecule has 1 N–H and O–H groups in total. The summed E-state index contributed by atoms with van der Waals surface area (Å²) in [5.74, 6) is 0.651. The van der Waals surface area contributed by atoms with Gasteiger partial charge in [-0.3, -0.25) is 4.79 Å². The van der Waals surface area contributed by atoms with Crippen molar-refractivity contribution in [2.45, 2.75) is 6.42 Å². The van der Waals surface area contributed by atoms with Gasteiger partial charge in [0.1, 0.15) is 5.75 Å². The lowest BCUT2D eigenvalue weighted by Gasteiger charge is -2.04. The van der Waals surface area contributed by atoms with Gasteiger partial charge in [-0.15, -0.1) is 0 Å². The van der Waals surface area contributed by atoms with Gasteiger partial charge in [-0.1, -0.05) is 29.5 Å². The minimum Gasteiger partial charge on any atom is -0.497 e. The zero-order valence-corrected chi connectivity index (χ0v) is 14.2. The second-order valence-corrected chi connectivity index (χ2v) is 6.57. The third-order valence-corrected chi connectivity index (χ3v) is 4.69.